The van der Waals surface area contributed by atoms with Gasteiger partial charge in [-0.2, -0.15) is 13.2 Å². The highest BCUT2D eigenvalue weighted by atomic mass is 19.4. The lowest BCUT2D eigenvalue weighted by atomic mass is 10.00. The molecular weight excluding hydrogens is 249 g/mol. The highest BCUT2D eigenvalue weighted by molar-refractivity contribution is 6.05. The summed E-state index contributed by atoms with van der Waals surface area (Å²) in [4.78, 5) is 24.5. The molecule has 102 valence electrons. The molecule has 3 atom stereocenters. The van der Waals surface area contributed by atoms with Crippen molar-refractivity contribution < 1.29 is 22.8 Å². The average Bonchev–Trinajstić information content (AvgIpc) is 2.82. The lowest BCUT2D eigenvalue weighted by Crippen LogP contribution is -2.43. The standard InChI is InChI=1S/C11H15F3N2O2/c12-11(13,14)6(4-15)5-16-9(17)7-2-1-3-8(7)10(16)18/h6-8H,1-5,15H2. The largest absolute Gasteiger partial charge is 0.394 e. The fourth-order valence-corrected chi connectivity index (χ4v) is 2.77. The van der Waals surface area contributed by atoms with Gasteiger partial charge in [0, 0.05) is 13.1 Å². The quantitative estimate of drug-likeness (QED) is 0.771. The van der Waals surface area contributed by atoms with Crippen LogP contribution in [0.5, 0.6) is 0 Å². The Bertz CT molecular complexity index is 348. The van der Waals surface area contributed by atoms with Gasteiger partial charge in [-0.1, -0.05) is 6.42 Å². The smallest absolute Gasteiger partial charge is 0.330 e. The molecule has 2 fully saturated rings. The van der Waals surface area contributed by atoms with Crippen molar-refractivity contribution in [3.8, 4) is 0 Å². The van der Waals surface area contributed by atoms with Crippen LogP contribution in [0.25, 0.3) is 0 Å². The van der Waals surface area contributed by atoms with Gasteiger partial charge in [0.2, 0.25) is 11.8 Å². The monoisotopic (exact) mass is 264 g/mol. The first-order valence-electron chi connectivity index (χ1n) is 5.98. The molecule has 0 aromatic carbocycles. The predicted molar refractivity (Wildman–Crippen MR) is 56.2 cm³/mol. The van der Waals surface area contributed by atoms with Crippen molar-refractivity contribution in [2.75, 3.05) is 13.1 Å². The molecule has 1 heterocycles. The average molecular weight is 264 g/mol. The fourth-order valence-electron chi connectivity index (χ4n) is 2.77. The Morgan fingerprint density at radius 1 is 1.22 bits per heavy atom. The minimum Gasteiger partial charge on any atom is -0.330 e. The van der Waals surface area contributed by atoms with Crippen molar-refractivity contribution in [3.05, 3.63) is 0 Å². The normalized spacial score (nSPS) is 29.9. The zero-order chi connectivity index (χ0) is 13.5. The number of imide groups is 1. The molecule has 1 saturated heterocycles. The Labute approximate surface area is 102 Å². The predicted octanol–water partition coefficient (Wildman–Crippen LogP) is 0.909. The van der Waals surface area contributed by atoms with Crippen molar-refractivity contribution >= 4 is 11.8 Å². The van der Waals surface area contributed by atoms with Gasteiger partial charge < -0.3 is 5.73 Å². The Hall–Kier alpha value is -1.11. The van der Waals surface area contributed by atoms with E-state index in [0.717, 1.165) is 11.3 Å². The van der Waals surface area contributed by atoms with Gasteiger partial charge in [-0.3, -0.25) is 14.5 Å². The van der Waals surface area contributed by atoms with Crippen LogP contribution in [0.1, 0.15) is 19.3 Å². The van der Waals surface area contributed by atoms with E-state index in [1.807, 2.05) is 0 Å². The van der Waals surface area contributed by atoms with Gasteiger partial charge in [-0.05, 0) is 12.8 Å². The first-order chi connectivity index (χ1) is 8.36. The maximum Gasteiger partial charge on any atom is 0.394 e. The molecule has 2 aliphatic rings. The second-order valence-electron chi connectivity index (χ2n) is 4.91. The summed E-state index contributed by atoms with van der Waals surface area (Å²) in [6.07, 6.45) is -2.48. The van der Waals surface area contributed by atoms with Crippen LogP contribution in [0.15, 0.2) is 0 Å². The number of carbonyl (C=O) groups excluding carboxylic acids is 2. The lowest BCUT2D eigenvalue weighted by molar-refractivity contribution is -0.178. The summed E-state index contributed by atoms with van der Waals surface area (Å²) in [7, 11) is 0. The molecule has 4 nitrogen and oxygen atoms in total. The molecule has 1 saturated carbocycles. The third kappa shape index (κ3) is 2.11. The Morgan fingerprint density at radius 3 is 2.11 bits per heavy atom. The summed E-state index contributed by atoms with van der Waals surface area (Å²) in [5.41, 5.74) is 5.07. The van der Waals surface area contributed by atoms with Gasteiger partial charge in [0.15, 0.2) is 0 Å². The van der Waals surface area contributed by atoms with Crippen molar-refractivity contribution in [1.29, 1.82) is 0 Å². The maximum atomic E-state index is 12.6. The number of fused-ring (bicyclic) bond motifs is 1. The maximum absolute atomic E-state index is 12.6. The van der Waals surface area contributed by atoms with Crippen LogP contribution in [0, 0.1) is 17.8 Å². The van der Waals surface area contributed by atoms with Gasteiger partial charge in [-0.25, -0.2) is 0 Å². The molecule has 7 heteroatoms. The van der Waals surface area contributed by atoms with E-state index in [2.05, 4.69) is 0 Å². The molecule has 2 rings (SSSR count). The number of halogens is 3. The van der Waals surface area contributed by atoms with Crippen LogP contribution >= 0.6 is 0 Å². The van der Waals surface area contributed by atoms with Crippen LogP contribution in [-0.2, 0) is 9.59 Å². The number of nitrogens with zero attached hydrogens (tertiary/aromatic N) is 1. The molecule has 0 spiro atoms. The summed E-state index contributed by atoms with van der Waals surface area (Å²) >= 11 is 0. The first kappa shape index (κ1) is 13.3. The molecular formula is C11H15F3N2O2. The molecule has 0 bridgehead atoms. The zero-order valence-electron chi connectivity index (χ0n) is 9.74. The van der Waals surface area contributed by atoms with Gasteiger partial charge in [0.05, 0.1) is 17.8 Å². The van der Waals surface area contributed by atoms with E-state index in [1.165, 1.54) is 0 Å². The second kappa shape index (κ2) is 4.53. The van der Waals surface area contributed by atoms with Crippen LogP contribution in [0.4, 0.5) is 13.2 Å². The van der Waals surface area contributed by atoms with Crippen LogP contribution in [0.3, 0.4) is 0 Å². The van der Waals surface area contributed by atoms with Crippen molar-refractivity contribution in [2.45, 2.75) is 25.4 Å². The Morgan fingerprint density at radius 2 is 1.72 bits per heavy atom. The number of hydrogen-bond acceptors (Lipinski definition) is 3. The van der Waals surface area contributed by atoms with Gasteiger partial charge in [0.25, 0.3) is 0 Å². The van der Waals surface area contributed by atoms with Gasteiger partial charge in [0.1, 0.15) is 0 Å². The molecule has 2 amide bonds. The van der Waals surface area contributed by atoms with Crippen LogP contribution < -0.4 is 5.73 Å². The van der Waals surface area contributed by atoms with E-state index in [4.69, 9.17) is 5.73 Å². The first-order valence-corrected chi connectivity index (χ1v) is 5.98. The van der Waals surface area contributed by atoms with E-state index >= 15 is 0 Å². The SMILES string of the molecule is NCC(CN1C(=O)C2CCCC2C1=O)C(F)(F)F. The number of nitrogens with two attached hydrogens (primary N) is 1. The van der Waals surface area contributed by atoms with Crippen molar-refractivity contribution in [2.24, 2.45) is 23.5 Å². The fraction of sp³-hybridized carbons (Fsp3) is 0.818. The summed E-state index contributed by atoms with van der Waals surface area (Å²) in [5.74, 6) is -3.53. The second-order valence-corrected chi connectivity index (χ2v) is 4.91. The number of carbonyl (C=O) groups is 2. The zero-order valence-corrected chi connectivity index (χ0v) is 9.74. The molecule has 0 aromatic heterocycles. The molecule has 1 aliphatic carbocycles. The van der Waals surface area contributed by atoms with E-state index in [1.54, 1.807) is 0 Å². The Balaban J connectivity index is 2.10. The summed E-state index contributed by atoms with van der Waals surface area (Å²) < 4.78 is 37.8. The summed E-state index contributed by atoms with van der Waals surface area (Å²) in [5, 5.41) is 0. The molecule has 1 aliphatic heterocycles. The number of amides is 2. The highest BCUT2D eigenvalue weighted by Crippen LogP contribution is 2.40. The molecule has 2 N–H and O–H groups in total. The van der Waals surface area contributed by atoms with Gasteiger partial charge in [-0.15, -0.1) is 0 Å². The van der Waals surface area contributed by atoms with Crippen molar-refractivity contribution in [1.82, 2.24) is 4.90 Å². The van der Waals surface area contributed by atoms with Crippen LogP contribution in [0.2, 0.25) is 0 Å². The topological polar surface area (TPSA) is 63.4 Å². The van der Waals surface area contributed by atoms with Gasteiger partial charge >= 0.3 is 6.18 Å². The summed E-state index contributed by atoms with van der Waals surface area (Å²) in [6.45, 7) is -1.25. The molecule has 0 aromatic rings. The highest BCUT2D eigenvalue weighted by Gasteiger charge is 2.52. The van der Waals surface area contributed by atoms with Crippen LogP contribution in [-0.4, -0.2) is 36.0 Å². The minimum atomic E-state index is -4.48. The van der Waals surface area contributed by atoms with E-state index in [-0.39, 0.29) is 0 Å². The van der Waals surface area contributed by atoms with E-state index in [0.29, 0.717) is 12.8 Å². The number of rotatable bonds is 3. The number of alkyl halides is 3. The van der Waals surface area contributed by atoms with E-state index in [9.17, 15) is 22.8 Å². The number of likely N-dealkylation sites (tertiary alicyclic amines) is 1. The molecule has 18 heavy (non-hydrogen) atoms. The van der Waals surface area contributed by atoms with Crippen molar-refractivity contribution in [3.63, 3.8) is 0 Å². The summed E-state index contributed by atoms with van der Waals surface area (Å²) in [6, 6.07) is 0. The third-order valence-electron chi connectivity index (χ3n) is 3.83. The van der Waals surface area contributed by atoms with E-state index < -0.39 is 48.8 Å². The number of hydrogen-bond donors (Lipinski definition) is 1. The minimum absolute atomic E-state index is 0.399. The molecule has 0 radical (unpaired) electrons. The lowest BCUT2D eigenvalue weighted by Gasteiger charge is -2.24. The molecule has 3 unspecified atom stereocenters. The third-order valence-corrected chi connectivity index (χ3v) is 3.83. The Kier molecular flexibility index (Phi) is 3.35.